The van der Waals surface area contributed by atoms with Gasteiger partial charge in [0.1, 0.15) is 0 Å². The second kappa shape index (κ2) is 20.7. The fourth-order valence-electron chi connectivity index (χ4n) is 3.16. The van der Waals surface area contributed by atoms with Crippen LogP contribution in [-0.4, -0.2) is 5.24 Å². The Morgan fingerprint density at radius 2 is 0.958 bits per heavy atom. The molecule has 0 aliphatic heterocycles. The van der Waals surface area contributed by atoms with Gasteiger partial charge < -0.3 is 0 Å². The van der Waals surface area contributed by atoms with Gasteiger partial charge in [0.15, 0.2) is 0 Å². The van der Waals surface area contributed by atoms with Gasteiger partial charge in [-0.25, -0.2) is 0 Å². The Morgan fingerprint density at radius 3 is 1.29 bits per heavy atom. The molecule has 0 unspecified atom stereocenters. The van der Waals surface area contributed by atoms with Crippen LogP contribution in [0.4, 0.5) is 0 Å². The summed E-state index contributed by atoms with van der Waals surface area (Å²) in [6, 6.07) is 0. The standard InChI is InChI=1S/C22H41ClO/c1-2-3-4-5-6-7-8-9-10-11-12-13-14-15-16-17-18-19-20-21-22(23)24/h20-21H,2-19H2,1H3/b21-20+. The molecule has 0 fully saturated rings. The molecule has 0 bridgehead atoms. The number of halogens is 1. The lowest BCUT2D eigenvalue weighted by Crippen LogP contribution is -1.84. The monoisotopic (exact) mass is 356 g/mol. The maximum atomic E-state index is 10.5. The van der Waals surface area contributed by atoms with Crippen molar-refractivity contribution in [2.45, 2.75) is 122 Å². The maximum absolute atomic E-state index is 10.5. The highest BCUT2D eigenvalue weighted by Crippen LogP contribution is 2.14. The van der Waals surface area contributed by atoms with Crippen LogP contribution < -0.4 is 0 Å². The van der Waals surface area contributed by atoms with Crippen LogP contribution in [0.3, 0.4) is 0 Å². The number of unbranched alkanes of at least 4 members (excludes halogenated alkanes) is 17. The predicted octanol–water partition coefficient (Wildman–Crippen LogP) is 8.35. The summed E-state index contributed by atoms with van der Waals surface area (Å²) in [5, 5.41) is -0.359. The van der Waals surface area contributed by atoms with Crippen LogP contribution in [0, 0.1) is 0 Å². The highest BCUT2D eigenvalue weighted by Gasteiger charge is 1.94. The van der Waals surface area contributed by atoms with Crippen molar-refractivity contribution in [1.29, 1.82) is 0 Å². The number of carbonyl (C=O) groups is 1. The van der Waals surface area contributed by atoms with E-state index in [0.29, 0.717) is 0 Å². The van der Waals surface area contributed by atoms with Crippen molar-refractivity contribution in [1.82, 2.24) is 0 Å². The molecule has 0 aliphatic rings. The van der Waals surface area contributed by atoms with Gasteiger partial charge in [-0.2, -0.15) is 0 Å². The van der Waals surface area contributed by atoms with Gasteiger partial charge in [0.05, 0.1) is 0 Å². The molecular formula is C22H41ClO. The first-order chi connectivity index (χ1) is 11.8. The Balaban J connectivity index is 3.01. The number of allylic oxidation sites excluding steroid dienone is 2. The number of hydrogen-bond donors (Lipinski definition) is 0. The molecule has 0 saturated heterocycles. The fraction of sp³-hybridized carbons (Fsp3) is 0.864. The molecule has 24 heavy (non-hydrogen) atoms. The topological polar surface area (TPSA) is 17.1 Å². The average Bonchev–Trinajstić information content (AvgIpc) is 2.56. The molecule has 0 spiro atoms. The fourth-order valence-corrected chi connectivity index (χ4v) is 3.25. The van der Waals surface area contributed by atoms with Crippen molar-refractivity contribution >= 4 is 16.8 Å². The summed E-state index contributed by atoms with van der Waals surface area (Å²) in [6.07, 6.45) is 28.1. The molecule has 0 N–H and O–H groups in total. The highest BCUT2D eigenvalue weighted by atomic mass is 35.5. The molecule has 142 valence electrons. The zero-order valence-electron chi connectivity index (χ0n) is 16.2. The van der Waals surface area contributed by atoms with E-state index >= 15 is 0 Å². The van der Waals surface area contributed by atoms with E-state index in [-0.39, 0.29) is 5.24 Å². The second-order valence-corrected chi connectivity index (χ2v) is 7.52. The van der Waals surface area contributed by atoms with E-state index in [0.717, 1.165) is 6.42 Å². The van der Waals surface area contributed by atoms with Crippen LogP contribution in [0.1, 0.15) is 122 Å². The van der Waals surface area contributed by atoms with Gasteiger partial charge in [-0.15, -0.1) is 0 Å². The van der Waals surface area contributed by atoms with Crippen LogP contribution in [0.15, 0.2) is 12.2 Å². The smallest absolute Gasteiger partial charge is 0.244 e. The lowest BCUT2D eigenvalue weighted by atomic mass is 10.0. The normalized spacial score (nSPS) is 11.4. The van der Waals surface area contributed by atoms with Crippen LogP contribution in [-0.2, 0) is 4.79 Å². The van der Waals surface area contributed by atoms with Crippen LogP contribution >= 0.6 is 11.6 Å². The second-order valence-electron chi connectivity index (χ2n) is 7.15. The quantitative estimate of drug-likeness (QED) is 0.129. The lowest BCUT2D eigenvalue weighted by molar-refractivity contribution is -0.107. The summed E-state index contributed by atoms with van der Waals surface area (Å²) in [4.78, 5) is 10.5. The van der Waals surface area contributed by atoms with E-state index < -0.39 is 0 Å². The van der Waals surface area contributed by atoms with Gasteiger partial charge >= 0.3 is 0 Å². The molecule has 0 atom stereocenters. The van der Waals surface area contributed by atoms with E-state index in [9.17, 15) is 4.79 Å². The average molecular weight is 357 g/mol. The molecule has 1 nitrogen and oxygen atoms in total. The minimum absolute atomic E-state index is 0.359. The van der Waals surface area contributed by atoms with Crippen LogP contribution in [0.25, 0.3) is 0 Å². The first-order valence-electron chi connectivity index (χ1n) is 10.6. The minimum Gasteiger partial charge on any atom is -0.276 e. The van der Waals surface area contributed by atoms with Gasteiger partial charge in [0.25, 0.3) is 0 Å². The Bertz CT molecular complexity index is 286. The number of hydrogen-bond acceptors (Lipinski definition) is 1. The summed E-state index contributed by atoms with van der Waals surface area (Å²) in [5.41, 5.74) is 0. The molecule has 0 rings (SSSR count). The van der Waals surface area contributed by atoms with E-state index in [2.05, 4.69) is 6.92 Å². The molecule has 0 heterocycles. The molecule has 0 aliphatic carbocycles. The van der Waals surface area contributed by atoms with Crippen molar-refractivity contribution < 1.29 is 4.79 Å². The summed E-state index contributed by atoms with van der Waals surface area (Å²) >= 11 is 5.23. The Kier molecular flexibility index (Phi) is 20.5. The van der Waals surface area contributed by atoms with Gasteiger partial charge in [-0.1, -0.05) is 116 Å². The molecule has 0 radical (unpaired) electrons. The first-order valence-corrected chi connectivity index (χ1v) is 11.0. The Labute approximate surface area is 156 Å². The van der Waals surface area contributed by atoms with Crippen molar-refractivity contribution in [3.05, 3.63) is 12.2 Å². The van der Waals surface area contributed by atoms with Crippen molar-refractivity contribution in [2.24, 2.45) is 0 Å². The van der Waals surface area contributed by atoms with E-state index in [4.69, 9.17) is 11.6 Å². The summed E-state index contributed by atoms with van der Waals surface area (Å²) in [7, 11) is 0. The SMILES string of the molecule is CCCCCCCCCCCCCCCCCCC/C=C/C(=O)Cl. The summed E-state index contributed by atoms with van der Waals surface area (Å²) in [5.74, 6) is 0. The van der Waals surface area contributed by atoms with Crippen molar-refractivity contribution in [3.63, 3.8) is 0 Å². The van der Waals surface area contributed by atoms with E-state index in [1.807, 2.05) is 6.08 Å². The summed E-state index contributed by atoms with van der Waals surface area (Å²) in [6.45, 7) is 2.28. The highest BCUT2D eigenvalue weighted by molar-refractivity contribution is 6.66. The Morgan fingerprint density at radius 1 is 0.625 bits per heavy atom. The maximum Gasteiger partial charge on any atom is 0.244 e. The zero-order valence-corrected chi connectivity index (χ0v) is 16.9. The van der Waals surface area contributed by atoms with E-state index in [1.165, 1.54) is 115 Å². The van der Waals surface area contributed by atoms with E-state index in [1.54, 1.807) is 0 Å². The van der Waals surface area contributed by atoms with Crippen molar-refractivity contribution in [3.8, 4) is 0 Å². The molecule has 0 aromatic heterocycles. The zero-order chi connectivity index (χ0) is 17.7. The molecule has 0 aromatic rings. The van der Waals surface area contributed by atoms with Crippen LogP contribution in [0.5, 0.6) is 0 Å². The number of rotatable bonds is 19. The minimum atomic E-state index is -0.359. The molecule has 2 heteroatoms. The van der Waals surface area contributed by atoms with Crippen molar-refractivity contribution in [2.75, 3.05) is 0 Å². The first kappa shape index (κ1) is 23.7. The Hall–Kier alpha value is -0.300. The third kappa shape index (κ3) is 21.7. The molecular weight excluding hydrogens is 316 g/mol. The lowest BCUT2D eigenvalue weighted by Gasteiger charge is -2.03. The van der Waals surface area contributed by atoms with Gasteiger partial charge in [0.2, 0.25) is 5.24 Å². The molecule has 0 saturated carbocycles. The molecule has 0 aromatic carbocycles. The largest absolute Gasteiger partial charge is 0.276 e. The summed E-state index contributed by atoms with van der Waals surface area (Å²) < 4.78 is 0. The third-order valence-corrected chi connectivity index (χ3v) is 4.85. The predicted molar refractivity (Wildman–Crippen MR) is 109 cm³/mol. The number of carbonyl (C=O) groups excluding carboxylic acids is 1. The van der Waals surface area contributed by atoms with Gasteiger partial charge in [-0.3, -0.25) is 4.79 Å². The molecule has 0 amide bonds. The van der Waals surface area contributed by atoms with Gasteiger partial charge in [0, 0.05) is 0 Å². The van der Waals surface area contributed by atoms with Gasteiger partial charge in [-0.05, 0) is 30.5 Å². The third-order valence-electron chi connectivity index (χ3n) is 4.72. The van der Waals surface area contributed by atoms with Crippen LogP contribution in [0.2, 0.25) is 0 Å².